The van der Waals surface area contributed by atoms with Gasteiger partial charge >= 0.3 is 0 Å². The van der Waals surface area contributed by atoms with Crippen molar-refractivity contribution in [2.45, 2.75) is 147 Å². The fourth-order valence-corrected chi connectivity index (χ4v) is 10.3. The minimum Gasteiger partial charge on any atom is -0.497 e. The molecular formula is C45H70N10O12S2. The predicted octanol–water partition coefficient (Wildman–Crippen LogP) is -1.35. The molecule has 2 aliphatic rings. The van der Waals surface area contributed by atoms with Crippen LogP contribution in [0.15, 0.2) is 24.3 Å². The van der Waals surface area contributed by atoms with Crippen LogP contribution >= 0.6 is 21.6 Å². The van der Waals surface area contributed by atoms with Crippen LogP contribution in [0.3, 0.4) is 0 Å². The van der Waals surface area contributed by atoms with Crippen LogP contribution < -0.4 is 53.4 Å². The van der Waals surface area contributed by atoms with Gasteiger partial charge in [-0.05, 0) is 69.6 Å². The maximum absolute atomic E-state index is 14.6. The second kappa shape index (κ2) is 27.0. The quantitative estimate of drug-likeness (QED) is 0.0857. The number of nitrogens with one attached hydrogen (secondary N) is 7. The zero-order chi connectivity index (χ0) is 51.7. The molecule has 0 aromatic heterocycles. The number of hydrogen-bond acceptors (Lipinski definition) is 14. The lowest BCUT2D eigenvalue weighted by Gasteiger charge is -2.32. The van der Waals surface area contributed by atoms with Crippen LogP contribution in [0.4, 0.5) is 0 Å². The van der Waals surface area contributed by atoms with Gasteiger partial charge in [0.1, 0.15) is 48.0 Å². The third-order valence-electron chi connectivity index (χ3n) is 11.5. The van der Waals surface area contributed by atoms with Gasteiger partial charge in [0, 0.05) is 29.9 Å². The van der Waals surface area contributed by atoms with Crippen molar-refractivity contribution < 1.29 is 57.8 Å². The van der Waals surface area contributed by atoms with Crippen molar-refractivity contribution in [3.05, 3.63) is 29.8 Å². The molecule has 2 saturated heterocycles. The molecule has 10 amide bonds. The van der Waals surface area contributed by atoms with E-state index in [2.05, 4.69) is 37.2 Å². The number of methoxy groups -OCH3 is 1. The molecule has 1 aromatic carbocycles. The number of primary amides is 2. The average molecular weight is 1010 g/mol. The van der Waals surface area contributed by atoms with E-state index in [0.717, 1.165) is 10.8 Å². The van der Waals surface area contributed by atoms with Gasteiger partial charge in [0.25, 0.3) is 0 Å². The van der Waals surface area contributed by atoms with Gasteiger partial charge in [-0.2, -0.15) is 0 Å². The standard InChI is InChI=1S/C45H70N10O12S2/c1-9-24(4)36-42(64)54-37(25(5)56)43(65)51-30(19-33(46)57)39(61)52-31(44(66)55-16-10-11-32(55)41(63)50-28(17-23(2)3)38(60)48-21-34(47)58)22-68-69-45(6,7)20-35(59)49-29(40(62)53-36)18-26-12-14-27(67-8)15-13-26/h12-15,23-25,28-32,36-37,56H,9-11,16-22H2,1-8H3,(H2,46,57)(H2,47,58)(H,48,60)(H,49,59)(H,50,63)(H,51,65)(H,52,61)(H,53,62)(H,54,64)/t24-,25+,28-,29-,30-,31-,32?,36-,37?/m0/s1. The molecule has 12 N–H and O–H groups in total. The number of nitrogens with two attached hydrogens (primary N) is 2. The molecule has 0 bridgehead atoms. The van der Waals surface area contributed by atoms with E-state index < -0.39 is 131 Å². The Bertz CT molecular complexity index is 2020. The first-order valence-electron chi connectivity index (χ1n) is 22.9. The lowest BCUT2D eigenvalue weighted by atomic mass is 9.96. The molecule has 3 rings (SSSR count). The zero-order valence-electron chi connectivity index (χ0n) is 40.5. The first-order chi connectivity index (χ1) is 32.4. The summed E-state index contributed by atoms with van der Waals surface area (Å²) in [5, 5.41) is 28.9. The number of carbonyl (C=O) groups is 10. The lowest BCUT2D eigenvalue weighted by Crippen LogP contribution is -2.63. The minimum absolute atomic E-state index is 0.0125. The summed E-state index contributed by atoms with van der Waals surface area (Å²) >= 11 is 0. The smallest absolute Gasteiger partial charge is 0.246 e. The number of nitrogens with zero attached hydrogens (tertiary/aromatic N) is 1. The first-order valence-corrected chi connectivity index (χ1v) is 25.3. The summed E-state index contributed by atoms with van der Waals surface area (Å²) in [5.74, 6) is -8.27. The molecule has 2 fully saturated rings. The van der Waals surface area contributed by atoms with Crippen LogP contribution in [0.25, 0.3) is 0 Å². The molecule has 24 heteroatoms. The number of ether oxygens (including phenoxy) is 1. The van der Waals surface area contributed by atoms with E-state index >= 15 is 0 Å². The SMILES string of the molecule is CC[C@H](C)[C@@H]1NC(=O)[C@H](Cc2ccc(OC)cc2)NC(=O)CC(C)(C)SSC[C@@H](C(=O)N2CCCC2C(=O)N[C@@H](CC(C)C)C(=O)NCC(N)=O)NC(=O)[C@H](CC(N)=O)NC(=O)C([C@@H](C)O)NC1=O. The van der Waals surface area contributed by atoms with Gasteiger partial charge in [-0.25, -0.2) is 0 Å². The Balaban J connectivity index is 2.06. The summed E-state index contributed by atoms with van der Waals surface area (Å²) in [7, 11) is 3.82. The largest absolute Gasteiger partial charge is 0.497 e. The first kappa shape index (κ1) is 57.7. The fraction of sp³-hybridized carbons (Fsp3) is 0.644. The number of aliphatic hydroxyl groups excluding tert-OH is 1. The number of likely N-dealkylation sites (tertiary alicyclic amines) is 1. The monoisotopic (exact) mass is 1010 g/mol. The van der Waals surface area contributed by atoms with E-state index in [9.17, 15) is 53.1 Å². The van der Waals surface area contributed by atoms with Crippen LogP contribution in [0.2, 0.25) is 0 Å². The van der Waals surface area contributed by atoms with Crippen LogP contribution in [0, 0.1) is 11.8 Å². The highest BCUT2D eigenvalue weighted by Crippen LogP contribution is 2.39. The second-order valence-corrected chi connectivity index (χ2v) is 21.5. The van der Waals surface area contributed by atoms with Crippen molar-refractivity contribution in [2.24, 2.45) is 23.3 Å². The molecule has 9 atom stereocenters. The fourth-order valence-electron chi connectivity index (χ4n) is 7.62. The Morgan fingerprint density at radius 2 is 1.49 bits per heavy atom. The number of hydrogen-bond donors (Lipinski definition) is 10. The third-order valence-corrected chi connectivity index (χ3v) is 14.8. The summed E-state index contributed by atoms with van der Waals surface area (Å²) < 4.78 is 4.40. The maximum atomic E-state index is 14.6. The maximum Gasteiger partial charge on any atom is 0.246 e. The normalized spacial score (nSPS) is 24.5. The highest BCUT2D eigenvalue weighted by Gasteiger charge is 2.41. The summed E-state index contributed by atoms with van der Waals surface area (Å²) in [4.78, 5) is 137. The van der Waals surface area contributed by atoms with E-state index in [0.29, 0.717) is 24.2 Å². The highest BCUT2D eigenvalue weighted by atomic mass is 33.1. The Morgan fingerprint density at radius 1 is 0.870 bits per heavy atom. The van der Waals surface area contributed by atoms with E-state index in [1.54, 1.807) is 52.0 Å². The molecule has 22 nitrogen and oxygen atoms in total. The van der Waals surface area contributed by atoms with Crippen molar-refractivity contribution in [3.63, 3.8) is 0 Å². The number of aliphatic hydroxyl groups is 1. The molecule has 0 spiro atoms. The topological polar surface area (TPSA) is 340 Å². The van der Waals surface area contributed by atoms with Gasteiger partial charge in [-0.1, -0.05) is 67.8 Å². The van der Waals surface area contributed by atoms with E-state index in [1.165, 1.54) is 29.7 Å². The van der Waals surface area contributed by atoms with Gasteiger partial charge in [0.2, 0.25) is 59.1 Å². The van der Waals surface area contributed by atoms with E-state index in [-0.39, 0.29) is 43.9 Å². The van der Waals surface area contributed by atoms with Crippen LogP contribution in [0.5, 0.6) is 5.75 Å². The van der Waals surface area contributed by atoms with Gasteiger partial charge in [-0.3, -0.25) is 47.9 Å². The molecule has 2 heterocycles. The van der Waals surface area contributed by atoms with Gasteiger partial charge < -0.3 is 63.4 Å². The molecular weight excluding hydrogens is 937 g/mol. The van der Waals surface area contributed by atoms with Crippen molar-refractivity contribution in [1.82, 2.24) is 42.1 Å². The zero-order valence-corrected chi connectivity index (χ0v) is 42.1. The van der Waals surface area contributed by atoms with Crippen LogP contribution in [0.1, 0.15) is 92.6 Å². The Morgan fingerprint density at radius 3 is 2.07 bits per heavy atom. The molecule has 2 aliphatic heterocycles. The van der Waals surface area contributed by atoms with Gasteiger partial charge in [0.15, 0.2) is 0 Å². The molecule has 1 aromatic rings. The molecule has 69 heavy (non-hydrogen) atoms. The van der Waals surface area contributed by atoms with Crippen molar-refractivity contribution in [1.29, 1.82) is 0 Å². The van der Waals surface area contributed by atoms with E-state index in [1.807, 2.05) is 13.8 Å². The molecule has 0 radical (unpaired) electrons. The molecule has 0 aliphatic carbocycles. The van der Waals surface area contributed by atoms with Crippen molar-refractivity contribution in [2.75, 3.05) is 26.0 Å². The molecule has 2 unspecified atom stereocenters. The number of benzene rings is 1. The lowest BCUT2D eigenvalue weighted by molar-refractivity contribution is -0.142. The third kappa shape index (κ3) is 18.3. The summed E-state index contributed by atoms with van der Waals surface area (Å²) in [5.41, 5.74) is 11.4. The molecule has 384 valence electrons. The molecule has 0 saturated carbocycles. The Hall–Kier alpha value is -5.62. The second-order valence-electron chi connectivity index (χ2n) is 18.4. The Labute approximate surface area is 410 Å². The average Bonchev–Trinajstić information content (AvgIpc) is 3.77. The minimum atomic E-state index is -1.74. The van der Waals surface area contributed by atoms with Crippen LogP contribution in [-0.2, 0) is 54.4 Å². The number of carbonyl (C=O) groups excluding carboxylic acids is 10. The Kier molecular flexibility index (Phi) is 22.5. The van der Waals surface area contributed by atoms with Crippen LogP contribution in [-0.4, -0.2) is 148 Å². The highest BCUT2D eigenvalue weighted by molar-refractivity contribution is 8.77. The van der Waals surface area contributed by atoms with E-state index in [4.69, 9.17) is 16.2 Å². The predicted molar refractivity (Wildman–Crippen MR) is 258 cm³/mol. The summed E-state index contributed by atoms with van der Waals surface area (Å²) in [6.07, 6.45) is -1.34. The van der Waals surface area contributed by atoms with Gasteiger partial charge in [0.05, 0.1) is 26.2 Å². The van der Waals surface area contributed by atoms with Crippen molar-refractivity contribution >= 4 is 80.7 Å². The van der Waals surface area contributed by atoms with Gasteiger partial charge in [-0.15, -0.1) is 0 Å². The number of rotatable bonds is 16. The summed E-state index contributed by atoms with van der Waals surface area (Å²) in [6, 6.07) is -2.69. The number of amides is 10. The summed E-state index contributed by atoms with van der Waals surface area (Å²) in [6.45, 7) is 11.5. The van der Waals surface area contributed by atoms with Crippen molar-refractivity contribution in [3.8, 4) is 5.75 Å².